The maximum atomic E-state index is 11.5. The van der Waals surface area contributed by atoms with Gasteiger partial charge in [0.05, 0.1) is 0 Å². The zero-order valence-electron chi connectivity index (χ0n) is 11.1. The first-order valence-electron chi connectivity index (χ1n) is 6.91. The van der Waals surface area contributed by atoms with Crippen molar-refractivity contribution in [1.82, 2.24) is 10.2 Å². The van der Waals surface area contributed by atoms with E-state index in [9.17, 15) is 4.79 Å². The van der Waals surface area contributed by atoms with E-state index in [2.05, 4.69) is 17.1 Å². The van der Waals surface area contributed by atoms with Crippen molar-refractivity contribution in [2.45, 2.75) is 39.0 Å². The van der Waals surface area contributed by atoms with E-state index >= 15 is 0 Å². The van der Waals surface area contributed by atoms with Crippen LogP contribution in [0.5, 0.6) is 0 Å². The number of nitrogens with zero attached hydrogens (tertiary/aromatic N) is 1. The monoisotopic (exact) mass is 241 g/mol. The highest BCUT2D eigenvalue weighted by Crippen LogP contribution is 2.07. The van der Waals surface area contributed by atoms with Gasteiger partial charge in [-0.05, 0) is 57.8 Å². The zero-order valence-corrected chi connectivity index (χ0v) is 11.1. The van der Waals surface area contributed by atoms with Crippen molar-refractivity contribution in [2.75, 3.05) is 32.7 Å². The summed E-state index contributed by atoms with van der Waals surface area (Å²) < 4.78 is 0. The summed E-state index contributed by atoms with van der Waals surface area (Å²) >= 11 is 0. The average Bonchev–Trinajstić information content (AvgIpc) is 2.84. The number of carbonyl (C=O) groups is 1. The van der Waals surface area contributed by atoms with E-state index in [0.717, 1.165) is 25.9 Å². The van der Waals surface area contributed by atoms with Crippen molar-refractivity contribution >= 4 is 5.91 Å². The summed E-state index contributed by atoms with van der Waals surface area (Å²) in [6.45, 7) is 7.17. The van der Waals surface area contributed by atoms with Gasteiger partial charge in [-0.3, -0.25) is 4.79 Å². The van der Waals surface area contributed by atoms with Gasteiger partial charge in [0.2, 0.25) is 5.91 Å². The lowest BCUT2D eigenvalue weighted by Crippen LogP contribution is -2.29. The molecule has 1 unspecified atom stereocenters. The molecule has 1 aliphatic heterocycles. The zero-order chi connectivity index (χ0) is 12.5. The molecule has 0 aliphatic carbocycles. The molecule has 0 aromatic carbocycles. The van der Waals surface area contributed by atoms with Crippen molar-refractivity contribution in [3.05, 3.63) is 0 Å². The van der Waals surface area contributed by atoms with Crippen molar-refractivity contribution in [2.24, 2.45) is 11.7 Å². The van der Waals surface area contributed by atoms with Gasteiger partial charge in [-0.25, -0.2) is 0 Å². The molecule has 4 heteroatoms. The number of nitrogens with one attached hydrogen (secondary N) is 1. The first kappa shape index (κ1) is 14.5. The Bertz CT molecular complexity index is 215. The van der Waals surface area contributed by atoms with Crippen LogP contribution in [0.25, 0.3) is 0 Å². The molecule has 0 radical (unpaired) electrons. The number of hydrogen-bond donors (Lipinski definition) is 2. The first-order chi connectivity index (χ1) is 8.22. The smallest absolute Gasteiger partial charge is 0.220 e. The van der Waals surface area contributed by atoms with Crippen LogP contribution < -0.4 is 11.1 Å². The fraction of sp³-hybridized carbons (Fsp3) is 0.923. The van der Waals surface area contributed by atoms with E-state index in [1.54, 1.807) is 0 Å². The standard InChI is InChI=1S/C13H27N3O/c1-12(11-14)5-6-13(17)15-7-4-10-16-8-2-3-9-16/h12H,2-11,14H2,1H3,(H,15,17). The Morgan fingerprint density at radius 1 is 1.41 bits per heavy atom. The summed E-state index contributed by atoms with van der Waals surface area (Å²) in [6, 6.07) is 0. The molecule has 1 amide bonds. The first-order valence-corrected chi connectivity index (χ1v) is 6.91. The highest BCUT2D eigenvalue weighted by Gasteiger charge is 2.10. The molecule has 1 heterocycles. The van der Waals surface area contributed by atoms with Crippen LogP contribution >= 0.6 is 0 Å². The molecule has 0 saturated carbocycles. The van der Waals surface area contributed by atoms with E-state index in [4.69, 9.17) is 5.73 Å². The maximum absolute atomic E-state index is 11.5. The molecule has 1 aliphatic rings. The largest absolute Gasteiger partial charge is 0.356 e. The minimum atomic E-state index is 0.173. The van der Waals surface area contributed by atoms with Gasteiger partial charge in [0, 0.05) is 13.0 Å². The number of nitrogens with two attached hydrogens (primary N) is 1. The molecule has 0 spiro atoms. The second-order valence-corrected chi connectivity index (χ2v) is 5.13. The second kappa shape index (κ2) is 8.48. The summed E-state index contributed by atoms with van der Waals surface area (Å²) in [4.78, 5) is 14.0. The van der Waals surface area contributed by atoms with Crippen molar-refractivity contribution < 1.29 is 4.79 Å². The van der Waals surface area contributed by atoms with Gasteiger partial charge < -0.3 is 16.0 Å². The number of rotatable bonds is 8. The number of amides is 1. The summed E-state index contributed by atoms with van der Waals surface area (Å²) in [5, 5.41) is 2.98. The summed E-state index contributed by atoms with van der Waals surface area (Å²) in [6.07, 6.45) is 5.25. The van der Waals surface area contributed by atoms with Crippen LogP contribution in [0.3, 0.4) is 0 Å². The molecular formula is C13H27N3O. The molecule has 1 saturated heterocycles. The van der Waals surface area contributed by atoms with Crippen LogP contribution in [0.15, 0.2) is 0 Å². The molecule has 3 N–H and O–H groups in total. The Kier molecular flexibility index (Phi) is 7.21. The Morgan fingerprint density at radius 3 is 2.76 bits per heavy atom. The van der Waals surface area contributed by atoms with Crippen LogP contribution in [-0.2, 0) is 4.79 Å². The normalized spacial score (nSPS) is 18.2. The lowest BCUT2D eigenvalue weighted by molar-refractivity contribution is -0.121. The number of likely N-dealkylation sites (tertiary alicyclic amines) is 1. The number of hydrogen-bond acceptors (Lipinski definition) is 3. The Labute approximate surface area is 105 Å². The van der Waals surface area contributed by atoms with Crippen LogP contribution in [-0.4, -0.2) is 43.5 Å². The van der Waals surface area contributed by atoms with Gasteiger partial charge in [-0.1, -0.05) is 6.92 Å². The maximum Gasteiger partial charge on any atom is 0.220 e. The Morgan fingerprint density at radius 2 is 2.12 bits per heavy atom. The fourth-order valence-electron chi connectivity index (χ4n) is 2.12. The minimum absolute atomic E-state index is 0.173. The molecule has 1 atom stereocenters. The third-order valence-corrected chi connectivity index (χ3v) is 3.44. The van der Waals surface area contributed by atoms with Crippen molar-refractivity contribution in [1.29, 1.82) is 0 Å². The summed E-state index contributed by atoms with van der Waals surface area (Å²) in [5.41, 5.74) is 5.51. The molecule has 0 aromatic heterocycles. The predicted octanol–water partition coefficient (Wildman–Crippen LogP) is 0.964. The summed E-state index contributed by atoms with van der Waals surface area (Å²) in [7, 11) is 0. The second-order valence-electron chi connectivity index (χ2n) is 5.13. The van der Waals surface area contributed by atoms with E-state index < -0.39 is 0 Å². The van der Waals surface area contributed by atoms with Crippen LogP contribution in [0.1, 0.15) is 39.0 Å². The van der Waals surface area contributed by atoms with E-state index in [-0.39, 0.29) is 5.91 Å². The highest BCUT2D eigenvalue weighted by molar-refractivity contribution is 5.75. The third kappa shape index (κ3) is 6.64. The van der Waals surface area contributed by atoms with E-state index in [1.807, 2.05) is 0 Å². The quantitative estimate of drug-likeness (QED) is 0.622. The molecule has 4 nitrogen and oxygen atoms in total. The Balaban J connectivity index is 1.92. The molecule has 0 aromatic rings. The molecule has 1 fully saturated rings. The van der Waals surface area contributed by atoms with Crippen LogP contribution in [0.2, 0.25) is 0 Å². The van der Waals surface area contributed by atoms with Gasteiger partial charge in [0.25, 0.3) is 0 Å². The molecule has 0 bridgehead atoms. The Hall–Kier alpha value is -0.610. The van der Waals surface area contributed by atoms with Gasteiger partial charge in [0.1, 0.15) is 0 Å². The van der Waals surface area contributed by atoms with Crippen LogP contribution in [0, 0.1) is 5.92 Å². The van der Waals surface area contributed by atoms with E-state index in [1.165, 1.54) is 25.9 Å². The lowest BCUT2D eigenvalue weighted by Gasteiger charge is -2.14. The van der Waals surface area contributed by atoms with Gasteiger partial charge >= 0.3 is 0 Å². The average molecular weight is 241 g/mol. The molecule has 100 valence electrons. The van der Waals surface area contributed by atoms with Gasteiger partial charge in [-0.2, -0.15) is 0 Å². The predicted molar refractivity (Wildman–Crippen MR) is 70.8 cm³/mol. The highest BCUT2D eigenvalue weighted by atomic mass is 16.1. The van der Waals surface area contributed by atoms with Crippen LogP contribution in [0.4, 0.5) is 0 Å². The molecule has 1 rings (SSSR count). The SMILES string of the molecule is CC(CN)CCC(=O)NCCCN1CCCC1. The van der Waals surface area contributed by atoms with Crippen molar-refractivity contribution in [3.63, 3.8) is 0 Å². The summed E-state index contributed by atoms with van der Waals surface area (Å²) in [5.74, 6) is 0.622. The van der Waals surface area contributed by atoms with E-state index in [0.29, 0.717) is 18.9 Å². The van der Waals surface area contributed by atoms with Gasteiger partial charge in [-0.15, -0.1) is 0 Å². The third-order valence-electron chi connectivity index (χ3n) is 3.44. The molecule has 17 heavy (non-hydrogen) atoms. The minimum Gasteiger partial charge on any atom is -0.356 e. The lowest BCUT2D eigenvalue weighted by atomic mass is 10.1. The number of carbonyl (C=O) groups excluding carboxylic acids is 1. The fourth-order valence-corrected chi connectivity index (χ4v) is 2.12. The van der Waals surface area contributed by atoms with Crippen molar-refractivity contribution in [3.8, 4) is 0 Å². The molecular weight excluding hydrogens is 214 g/mol. The van der Waals surface area contributed by atoms with Gasteiger partial charge in [0.15, 0.2) is 0 Å². The topological polar surface area (TPSA) is 58.4 Å².